The summed E-state index contributed by atoms with van der Waals surface area (Å²) in [5, 5.41) is 0. The molecule has 3 saturated carbocycles. The molecule has 30 heavy (non-hydrogen) atoms. The van der Waals surface area contributed by atoms with Gasteiger partial charge in [-0.15, -0.1) is 0 Å². The number of Topliss-reactive ketones (excluding diaryl/α,β-unsaturated/α-hetero) is 1. The maximum atomic E-state index is 12.3. The second kappa shape index (κ2) is 6.80. The van der Waals surface area contributed by atoms with Crippen LogP contribution in [0, 0.1) is 34.5 Å². The molecule has 7 atom stereocenters. The predicted octanol–water partition coefficient (Wildman–Crippen LogP) is 4.25. The quantitative estimate of drug-likeness (QED) is 0.741. The summed E-state index contributed by atoms with van der Waals surface area (Å²) in [6.45, 7) is 6.61. The Bertz CT molecular complexity index is 991. The van der Waals surface area contributed by atoms with Gasteiger partial charge in [0, 0.05) is 24.2 Å². The first-order valence-corrected chi connectivity index (χ1v) is 11.8. The van der Waals surface area contributed by atoms with E-state index in [4.69, 9.17) is 0 Å². The molecular formula is C25H34N2O3. The third-order valence-electron chi connectivity index (χ3n) is 9.82. The van der Waals surface area contributed by atoms with Crippen molar-refractivity contribution in [1.82, 2.24) is 9.55 Å². The highest BCUT2D eigenvalue weighted by atomic mass is 16.2. The number of fused-ring (bicyclic) bond motifs is 5. The van der Waals surface area contributed by atoms with Crippen molar-refractivity contribution in [2.45, 2.75) is 78.2 Å². The number of nitrogens with one attached hydrogen (secondary N) is 1. The first-order chi connectivity index (χ1) is 14.3. The predicted molar refractivity (Wildman–Crippen MR) is 116 cm³/mol. The fourth-order valence-electron chi connectivity index (χ4n) is 8.31. The number of aromatic nitrogens is 2. The van der Waals surface area contributed by atoms with Crippen molar-refractivity contribution in [2.24, 2.45) is 34.5 Å². The van der Waals surface area contributed by atoms with Crippen LogP contribution in [-0.2, 0) is 4.79 Å². The molecule has 0 unspecified atom stereocenters. The maximum absolute atomic E-state index is 12.3. The molecule has 1 aromatic heterocycles. The van der Waals surface area contributed by atoms with Crippen LogP contribution in [-0.4, -0.2) is 15.3 Å². The molecule has 0 spiro atoms. The molecular weight excluding hydrogens is 376 g/mol. The van der Waals surface area contributed by atoms with Gasteiger partial charge in [0.15, 0.2) is 0 Å². The molecule has 5 heteroatoms. The minimum atomic E-state index is -0.292. The van der Waals surface area contributed by atoms with Crippen molar-refractivity contribution >= 4 is 5.78 Å². The van der Waals surface area contributed by atoms with Crippen LogP contribution < -0.4 is 11.2 Å². The smallest absolute Gasteiger partial charge is 0.314 e. The van der Waals surface area contributed by atoms with Crippen molar-refractivity contribution in [3.05, 3.63) is 44.8 Å². The average Bonchev–Trinajstić information content (AvgIpc) is 3.05. The third kappa shape index (κ3) is 2.69. The summed E-state index contributed by atoms with van der Waals surface area (Å²) < 4.78 is 1.43. The SMILES string of the molecule is CC(=O)[C@H]1CC[C@H]2[C@@H]3CC=C4C[C@H](n5c(=O)cc[nH]c5=O)CC[C@]4(C)[C@H]3CC[C@]12C. The summed E-state index contributed by atoms with van der Waals surface area (Å²) in [5.41, 5.74) is 1.31. The highest BCUT2D eigenvalue weighted by Gasteiger charge is 2.59. The molecule has 5 rings (SSSR count). The second-order valence-electron chi connectivity index (χ2n) is 10.9. The highest BCUT2D eigenvalue weighted by Crippen LogP contribution is 2.66. The number of nitrogens with zero attached hydrogens (tertiary/aromatic N) is 1. The molecule has 0 bridgehead atoms. The van der Waals surface area contributed by atoms with E-state index in [1.807, 2.05) is 0 Å². The molecule has 0 aromatic carbocycles. The van der Waals surface area contributed by atoms with Gasteiger partial charge in [-0.25, -0.2) is 4.79 Å². The lowest BCUT2D eigenvalue weighted by Gasteiger charge is -2.58. The lowest BCUT2D eigenvalue weighted by molar-refractivity contribution is -0.127. The van der Waals surface area contributed by atoms with E-state index in [2.05, 4.69) is 24.9 Å². The molecule has 1 aromatic rings. The number of hydrogen-bond acceptors (Lipinski definition) is 3. The number of carbonyl (C=O) groups is 1. The van der Waals surface area contributed by atoms with Crippen molar-refractivity contribution in [2.75, 3.05) is 0 Å². The Hall–Kier alpha value is -1.91. The zero-order chi connectivity index (χ0) is 21.3. The van der Waals surface area contributed by atoms with Crippen LogP contribution in [0.25, 0.3) is 0 Å². The minimum Gasteiger partial charge on any atom is -0.314 e. The molecule has 0 saturated heterocycles. The van der Waals surface area contributed by atoms with E-state index in [-0.39, 0.29) is 34.0 Å². The number of aromatic amines is 1. The number of hydrogen-bond donors (Lipinski definition) is 1. The van der Waals surface area contributed by atoms with Gasteiger partial charge in [0.25, 0.3) is 5.56 Å². The van der Waals surface area contributed by atoms with Gasteiger partial charge < -0.3 is 4.98 Å². The standard InChI is InChI=1S/C25H34N2O3/c1-15(28)19-6-7-20-18-5-4-16-14-17(27-22(29)10-13-26-23(27)30)8-11-24(16,2)21(18)9-12-25(19,20)3/h4,10,13,17-21H,5-9,11-12,14H2,1-3H3,(H,26,30)/t17-,18+,19-,20+,21+,24+,25-/m1/s1. The Morgan fingerprint density at radius 2 is 1.90 bits per heavy atom. The van der Waals surface area contributed by atoms with E-state index in [1.165, 1.54) is 35.2 Å². The minimum absolute atomic E-state index is 0.0410. The van der Waals surface area contributed by atoms with E-state index < -0.39 is 0 Å². The molecule has 162 valence electrons. The van der Waals surface area contributed by atoms with Crippen LogP contribution in [0.4, 0.5) is 0 Å². The Kier molecular flexibility index (Phi) is 4.53. The number of H-pyrrole nitrogens is 1. The Morgan fingerprint density at radius 1 is 1.10 bits per heavy atom. The average molecular weight is 411 g/mol. The van der Waals surface area contributed by atoms with Gasteiger partial charge in [-0.1, -0.05) is 25.5 Å². The Morgan fingerprint density at radius 3 is 2.63 bits per heavy atom. The van der Waals surface area contributed by atoms with Crippen LogP contribution in [0.5, 0.6) is 0 Å². The normalized spacial score (nSPS) is 42.6. The zero-order valence-electron chi connectivity index (χ0n) is 18.4. The van der Waals surface area contributed by atoms with Gasteiger partial charge >= 0.3 is 5.69 Å². The van der Waals surface area contributed by atoms with E-state index in [0.29, 0.717) is 23.5 Å². The lowest BCUT2D eigenvalue weighted by atomic mass is 9.47. The van der Waals surface area contributed by atoms with E-state index in [9.17, 15) is 14.4 Å². The molecule has 5 nitrogen and oxygen atoms in total. The Labute approximate surface area is 178 Å². The van der Waals surface area contributed by atoms with E-state index in [1.54, 1.807) is 6.92 Å². The molecule has 4 aliphatic carbocycles. The molecule has 1 heterocycles. The third-order valence-corrected chi connectivity index (χ3v) is 9.82. The van der Waals surface area contributed by atoms with Crippen molar-refractivity contribution in [3.8, 4) is 0 Å². The van der Waals surface area contributed by atoms with Crippen molar-refractivity contribution < 1.29 is 4.79 Å². The van der Waals surface area contributed by atoms with Gasteiger partial charge in [-0.3, -0.25) is 14.2 Å². The summed E-state index contributed by atoms with van der Waals surface area (Å²) in [5.74, 6) is 2.61. The van der Waals surface area contributed by atoms with Gasteiger partial charge in [0.05, 0.1) is 0 Å². The van der Waals surface area contributed by atoms with Gasteiger partial charge in [-0.2, -0.15) is 0 Å². The van der Waals surface area contributed by atoms with E-state index in [0.717, 1.165) is 38.5 Å². The van der Waals surface area contributed by atoms with Crippen LogP contribution >= 0.6 is 0 Å². The Balaban J connectivity index is 1.45. The lowest BCUT2D eigenvalue weighted by Crippen LogP contribution is -2.51. The number of ketones is 1. The van der Waals surface area contributed by atoms with Gasteiger partial charge in [0.2, 0.25) is 0 Å². The van der Waals surface area contributed by atoms with Crippen LogP contribution in [0.15, 0.2) is 33.5 Å². The van der Waals surface area contributed by atoms with Gasteiger partial charge in [-0.05, 0) is 86.9 Å². The summed E-state index contributed by atoms with van der Waals surface area (Å²) >= 11 is 0. The molecule has 4 aliphatic rings. The van der Waals surface area contributed by atoms with Crippen molar-refractivity contribution in [1.29, 1.82) is 0 Å². The van der Waals surface area contributed by atoms with Crippen LogP contribution in [0.3, 0.4) is 0 Å². The van der Waals surface area contributed by atoms with Crippen molar-refractivity contribution in [3.63, 3.8) is 0 Å². The second-order valence-corrected chi connectivity index (χ2v) is 10.9. The summed E-state index contributed by atoms with van der Waals surface area (Å²) in [6, 6.07) is 1.41. The first-order valence-electron chi connectivity index (χ1n) is 11.8. The topological polar surface area (TPSA) is 71.9 Å². The fourth-order valence-corrected chi connectivity index (χ4v) is 8.31. The number of allylic oxidation sites excluding steroid dienone is 2. The fraction of sp³-hybridized carbons (Fsp3) is 0.720. The summed E-state index contributed by atoms with van der Waals surface area (Å²) in [4.78, 5) is 39.6. The van der Waals surface area contributed by atoms with E-state index >= 15 is 0 Å². The highest BCUT2D eigenvalue weighted by molar-refractivity contribution is 5.79. The molecule has 3 fully saturated rings. The van der Waals surface area contributed by atoms with Crippen LogP contribution in [0.1, 0.15) is 78.2 Å². The number of carbonyl (C=O) groups excluding carboxylic acids is 1. The molecule has 0 radical (unpaired) electrons. The monoisotopic (exact) mass is 410 g/mol. The first kappa shape index (κ1) is 20.0. The summed E-state index contributed by atoms with van der Waals surface area (Å²) in [6.07, 6.45) is 12.3. The van der Waals surface area contributed by atoms with Crippen LogP contribution in [0.2, 0.25) is 0 Å². The van der Waals surface area contributed by atoms with Gasteiger partial charge in [0.1, 0.15) is 5.78 Å². The molecule has 1 N–H and O–H groups in total. The largest absolute Gasteiger partial charge is 0.328 e. The maximum Gasteiger partial charge on any atom is 0.328 e. The molecule has 0 amide bonds. The molecule has 0 aliphatic heterocycles. The number of rotatable bonds is 2. The summed E-state index contributed by atoms with van der Waals surface area (Å²) in [7, 11) is 0. The zero-order valence-corrected chi connectivity index (χ0v) is 18.4.